The summed E-state index contributed by atoms with van der Waals surface area (Å²) in [6.45, 7) is 2.81. The summed E-state index contributed by atoms with van der Waals surface area (Å²) in [7, 11) is 0. The van der Waals surface area contributed by atoms with Crippen LogP contribution in [0, 0.1) is 16.7 Å². The monoisotopic (exact) mass is 268 g/mol. The normalized spacial score (nSPS) is 20.1. The van der Waals surface area contributed by atoms with E-state index in [4.69, 9.17) is 10.00 Å². The number of hydrogen-bond donors (Lipinski definition) is 2. The zero-order chi connectivity index (χ0) is 14.5. The second kappa shape index (κ2) is 6.02. The highest BCUT2D eigenvalue weighted by atomic mass is 16.5. The number of amides is 1. The van der Waals surface area contributed by atoms with E-state index in [1.165, 1.54) is 6.92 Å². The van der Waals surface area contributed by atoms with Gasteiger partial charge in [-0.25, -0.2) is 4.79 Å². The highest BCUT2D eigenvalue weighted by Crippen LogP contribution is 2.37. The first-order valence-electron chi connectivity index (χ1n) is 6.47. The van der Waals surface area contributed by atoms with Crippen LogP contribution >= 0.6 is 0 Å². The van der Waals surface area contributed by atoms with Crippen molar-refractivity contribution in [1.82, 2.24) is 5.32 Å². The van der Waals surface area contributed by atoms with Crippen molar-refractivity contribution < 1.29 is 19.4 Å². The van der Waals surface area contributed by atoms with E-state index >= 15 is 0 Å². The smallest absolute Gasteiger partial charge is 0.339 e. The van der Waals surface area contributed by atoms with Crippen LogP contribution in [0.25, 0.3) is 0 Å². The SMILES string of the molecule is CCOC(=O)[C@@](C)(O)CNC(=O)C1(C#N)CCCC1. The molecule has 1 saturated carbocycles. The molecule has 0 unspecified atom stereocenters. The number of nitrogens with one attached hydrogen (secondary N) is 1. The molecule has 1 amide bonds. The summed E-state index contributed by atoms with van der Waals surface area (Å²) in [5, 5.41) is 21.5. The number of nitrogens with zero attached hydrogens (tertiary/aromatic N) is 1. The summed E-state index contributed by atoms with van der Waals surface area (Å²) in [4.78, 5) is 23.5. The minimum Gasteiger partial charge on any atom is -0.464 e. The Morgan fingerprint density at radius 2 is 2.05 bits per heavy atom. The fourth-order valence-electron chi connectivity index (χ4n) is 2.15. The van der Waals surface area contributed by atoms with Crippen LogP contribution in [0.2, 0.25) is 0 Å². The third-order valence-corrected chi connectivity index (χ3v) is 3.41. The Bertz CT molecular complexity index is 392. The maximum atomic E-state index is 12.0. The van der Waals surface area contributed by atoms with Gasteiger partial charge in [-0.2, -0.15) is 5.26 Å². The first-order valence-corrected chi connectivity index (χ1v) is 6.47. The average molecular weight is 268 g/mol. The second-order valence-electron chi connectivity index (χ2n) is 5.08. The molecule has 6 nitrogen and oxygen atoms in total. The summed E-state index contributed by atoms with van der Waals surface area (Å²) in [6, 6.07) is 2.06. The standard InChI is InChI=1S/C13H20N2O4/c1-3-19-11(17)12(2,18)9-15-10(16)13(8-14)6-4-5-7-13/h18H,3-7,9H2,1-2H3,(H,15,16)/t12-/m0/s1. The van der Waals surface area contributed by atoms with Gasteiger partial charge in [0.2, 0.25) is 5.91 Å². The number of esters is 1. The minimum absolute atomic E-state index is 0.158. The maximum absolute atomic E-state index is 12.0. The zero-order valence-electron chi connectivity index (χ0n) is 11.4. The highest BCUT2D eigenvalue weighted by Gasteiger charge is 2.42. The van der Waals surface area contributed by atoms with E-state index in [1.54, 1.807) is 6.92 Å². The van der Waals surface area contributed by atoms with E-state index in [1.807, 2.05) is 0 Å². The largest absolute Gasteiger partial charge is 0.464 e. The van der Waals surface area contributed by atoms with E-state index < -0.39 is 22.9 Å². The predicted molar refractivity (Wildman–Crippen MR) is 66.8 cm³/mol. The van der Waals surface area contributed by atoms with Gasteiger partial charge >= 0.3 is 5.97 Å². The van der Waals surface area contributed by atoms with Gasteiger partial charge in [-0.15, -0.1) is 0 Å². The van der Waals surface area contributed by atoms with Crippen LogP contribution in [-0.2, 0) is 14.3 Å². The molecule has 2 N–H and O–H groups in total. The molecule has 0 saturated heterocycles. The summed E-state index contributed by atoms with van der Waals surface area (Å²) in [5.74, 6) is -1.20. The molecule has 0 aromatic rings. The van der Waals surface area contributed by atoms with Crippen LogP contribution in [0.5, 0.6) is 0 Å². The number of nitriles is 1. The summed E-state index contributed by atoms with van der Waals surface area (Å²) in [6.07, 6.45) is 2.73. The molecule has 0 heterocycles. The van der Waals surface area contributed by atoms with Crippen molar-refractivity contribution in [3.8, 4) is 6.07 Å². The summed E-state index contributed by atoms with van der Waals surface area (Å²) in [5.41, 5.74) is -2.79. The van der Waals surface area contributed by atoms with Gasteiger partial charge in [0, 0.05) is 0 Å². The first-order chi connectivity index (χ1) is 8.88. The van der Waals surface area contributed by atoms with Crippen LogP contribution in [0.3, 0.4) is 0 Å². The van der Waals surface area contributed by atoms with Crippen molar-refractivity contribution in [3.05, 3.63) is 0 Å². The first kappa shape index (κ1) is 15.4. The van der Waals surface area contributed by atoms with Crippen LogP contribution in [0.15, 0.2) is 0 Å². The Hall–Kier alpha value is -1.61. The van der Waals surface area contributed by atoms with Gasteiger partial charge in [0.1, 0.15) is 5.41 Å². The fraction of sp³-hybridized carbons (Fsp3) is 0.769. The Labute approximate surface area is 112 Å². The molecule has 19 heavy (non-hydrogen) atoms. The molecule has 0 aromatic heterocycles. The van der Waals surface area contributed by atoms with E-state index in [9.17, 15) is 14.7 Å². The molecule has 0 radical (unpaired) electrons. The van der Waals surface area contributed by atoms with E-state index in [-0.39, 0.29) is 13.2 Å². The Morgan fingerprint density at radius 3 is 2.53 bits per heavy atom. The number of ether oxygens (including phenoxy) is 1. The van der Waals surface area contributed by atoms with Gasteiger partial charge in [-0.05, 0) is 26.7 Å². The molecule has 0 aromatic carbocycles. The van der Waals surface area contributed by atoms with Gasteiger partial charge in [0.15, 0.2) is 5.60 Å². The molecule has 1 aliphatic carbocycles. The molecule has 0 spiro atoms. The third kappa shape index (κ3) is 3.44. The summed E-state index contributed by atoms with van der Waals surface area (Å²) >= 11 is 0. The van der Waals surface area contributed by atoms with Crippen LogP contribution < -0.4 is 5.32 Å². The predicted octanol–water partition coefficient (Wildman–Crippen LogP) is 0.501. The number of carbonyl (C=O) groups excluding carboxylic acids is 2. The molecule has 106 valence electrons. The molecular weight excluding hydrogens is 248 g/mol. The maximum Gasteiger partial charge on any atom is 0.339 e. The number of hydrogen-bond acceptors (Lipinski definition) is 5. The zero-order valence-corrected chi connectivity index (χ0v) is 11.4. The topological polar surface area (TPSA) is 99.4 Å². The van der Waals surface area contributed by atoms with Crippen LogP contribution in [-0.4, -0.2) is 35.7 Å². The molecular formula is C13H20N2O4. The molecule has 1 rings (SSSR count). The molecule has 6 heteroatoms. The van der Waals surface area contributed by atoms with Crippen molar-refractivity contribution in [2.24, 2.45) is 5.41 Å². The number of aliphatic hydroxyl groups is 1. The van der Waals surface area contributed by atoms with Crippen molar-refractivity contribution in [2.45, 2.75) is 45.1 Å². The highest BCUT2D eigenvalue weighted by molar-refractivity contribution is 5.87. The molecule has 1 atom stereocenters. The van der Waals surface area contributed by atoms with Crippen LogP contribution in [0.4, 0.5) is 0 Å². The fourth-order valence-corrected chi connectivity index (χ4v) is 2.15. The lowest BCUT2D eigenvalue weighted by Crippen LogP contribution is -2.50. The Kier molecular flexibility index (Phi) is 4.90. The second-order valence-corrected chi connectivity index (χ2v) is 5.08. The lowest BCUT2D eigenvalue weighted by Gasteiger charge is -2.24. The van der Waals surface area contributed by atoms with Gasteiger partial charge in [0.25, 0.3) is 0 Å². The quantitative estimate of drug-likeness (QED) is 0.707. The van der Waals surface area contributed by atoms with Crippen molar-refractivity contribution in [2.75, 3.05) is 13.2 Å². The lowest BCUT2D eigenvalue weighted by atomic mass is 9.87. The number of carbonyl (C=O) groups is 2. The van der Waals surface area contributed by atoms with E-state index in [0.29, 0.717) is 12.8 Å². The lowest BCUT2D eigenvalue weighted by molar-refractivity contribution is -0.163. The number of rotatable bonds is 5. The van der Waals surface area contributed by atoms with Gasteiger partial charge in [-0.3, -0.25) is 4.79 Å². The van der Waals surface area contributed by atoms with Crippen LogP contribution in [0.1, 0.15) is 39.5 Å². The summed E-state index contributed by atoms with van der Waals surface area (Å²) < 4.78 is 4.71. The Balaban J connectivity index is 2.59. The van der Waals surface area contributed by atoms with Crippen molar-refractivity contribution >= 4 is 11.9 Å². The molecule has 1 aliphatic rings. The van der Waals surface area contributed by atoms with E-state index in [0.717, 1.165) is 12.8 Å². The minimum atomic E-state index is -1.78. The van der Waals surface area contributed by atoms with Crippen molar-refractivity contribution in [1.29, 1.82) is 5.26 Å². The van der Waals surface area contributed by atoms with Gasteiger partial charge in [0.05, 0.1) is 19.2 Å². The van der Waals surface area contributed by atoms with Gasteiger partial charge < -0.3 is 15.2 Å². The average Bonchev–Trinajstić information content (AvgIpc) is 2.86. The third-order valence-electron chi connectivity index (χ3n) is 3.41. The van der Waals surface area contributed by atoms with Gasteiger partial charge in [-0.1, -0.05) is 12.8 Å². The molecule has 1 fully saturated rings. The Morgan fingerprint density at radius 1 is 1.47 bits per heavy atom. The molecule has 0 aliphatic heterocycles. The molecule has 0 bridgehead atoms. The van der Waals surface area contributed by atoms with E-state index in [2.05, 4.69) is 11.4 Å². The van der Waals surface area contributed by atoms with Crippen molar-refractivity contribution in [3.63, 3.8) is 0 Å².